The zero-order valence-electron chi connectivity index (χ0n) is 8.84. The van der Waals surface area contributed by atoms with Crippen molar-refractivity contribution >= 4 is 5.91 Å². The van der Waals surface area contributed by atoms with Crippen molar-refractivity contribution < 1.29 is 31.5 Å². The lowest BCUT2D eigenvalue weighted by Gasteiger charge is -2.32. The Morgan fingerprint density at radius 2 is 2.06 bits per heavy atom. The van der Waals surface area contributed by atoms with E-state index in [0.29, 0.717) is 17.7 Å². The molecule has 0 radical (unpaired) electrons. The molecule has 1 saturated heterocycles. The molecule has 3 nitrogen and oxygen atoms in total. The van der Waals surface area contributed by atoms with Crippen molar-refractivity contribution in [3.05, 3.63) is 0 Å². The number of nitrogens with zero attached hydrogens (tertiary/aromatic N) is 1. The van der Waals surface area contributed by atoms with E-state index in [9.17, 15) is 26.7 Å². The standard InChI is InChI=1S/C9H12F5NO2/c10-7(11)5-17-6-2-1-3-15(4-6)8(16)9(12,13)14/h6-7H,1-5H2. The molecule has 1 fully saturated rings. The molecule has 0 bridgehead atoms. The number of likely N-dealkylation sites (tertiary alicyclic amines) is 1. The first-order valence-electron chi connectivity index (χ1n) is 5.06. The monoisotopic (exact) mass is 261 g/mol. The van der Waals surface area contributed by atoms with Crippen LogP contribution >= 0.6 is 0 Å². The maximum Gasteiger partial charge on any atom is 0.471 e. The highest BCUT2D eigenvalue weighted by Crippen LogP contribution is 2.22. The van der Waals surface area contributed by atoms with Crippen LogP contribution in [0, 0.1) is 0 Å². The third-order valence-electron chi connectivity index (χ3n) is 2.37. The summed E-state index contributed by atoms with van der Waals surface area (Å²) in [4.78, 5) is 11.5. The Labute approximate surface area is 94.5 Å². The fourth-order valence-corrected chi connectivity index (χ4v) is 1.65. The molecule has 17 heavy (non-hydrogen) atoms. The summed E-state index contributed by atoms with van der Waals surface area (Å²) in [6.07, 6.45) is -7.64. The van der Waals surface area contributed by atoms with E-state index in [2.05, 4.69) is 0 Å². The van der Waals surface area contributed by atoms with E-state index < -0.39 is 31.2 Å². The first kappa shape index (κ1) is 14.1. The highest BCUT2D eigenvalue weighted by molar-refractivity contribution is 5.81. The van der Waals surface area contributed by atoms with E-state index in [4.69, 9.17) is 4.74 Å². The Morgan fingerprint density at radius 3 is 2.59 bits per heavy atom. The van der Waals surface area contributed by atoms with E-state index in [-0.39, 0.29) is 13.1 Å². The van der Waals surface area contributed by atoms with Gasteiger partial charge in [-0.15, -0.1) is 0 Å². The number of hydrogen-bond donors (Lipinski definition) is 0. The van der Waals surface area contributed by atoms with Gasteiger partial charge in [0.1, 0.15) is 6.61 Å². The van der Waals surface area contributed by atoms with Crippen molar-refractivity contribution in [1.82, 2.24) is 4.90 Å². The second-order valence-electron chi connectivity index (χ2n) is 3.74. The fourth-order valence-electron chi connectivity index (χ4n) is 1.65. The molecule has 0 aromatic carbocycles. The topological polar surface area (TPSA) is 29.5 Å². The maximum atomic E-state index is 12.1. The quantitative estimate of drug-likeness (QED) is 0.725. The van der Waals surface area contributed by atoms with Gasteiger partial charge in [0.05, 0.1) is 6.10 Å². The first-order chi connectivity index (χ1) is 7.80. The number of hydrogen-bond acceptors (Lipinski definition) is 2. The molecule has 1 atom stereocenters. The average Bonchev–Trinajstić information content (AvgIpc) is 2.24. The highest BCUT2D eigenvalue weighted by atomic mass is 19.4. The number of piperidine rings is 1. The summed E-state index contributed by atoms with van der Waals surface area (Å²) in [5.41, 5.74) is 0. The smallest absolute Gasteiger partial charge is 0.370 e. The lowest BCUT2D eigenvalue weighted by Crippen LogP contribution is -2.48. The van der Waals surface area contributed by atoms with E-state index in [1.165, 1.54) is 0 Å². The molecule has 0 aliphatic carbocycles. The van der Waals surface area contributed by atoms with Gasteiger partial charge in [0.2, 0.25) is 0 Å². The number of rotatable bonds is 3. The summed E-state index contributed by atoms with van der Waals surface area (Å²) in [5.74, 6) is -1.94. The maximum absolute atomic E-state index is 12.1. The molecule has 100 valence electrons. The van der Waals surface area contributed by atoms with Crippen molar-refractivity contribution in [3.63, 3.8) is 0 Å². The lowest BCUT2D eigenvalue weighted by molar-refractivity contribution is -0.189. The van der Waals surface area contributed by atoms with Gasteiger partial charge in [-0.25, -0.2) is 8.78 Å². The van der Waals surface area contributed by atoms with Crippen LogP contribution in [0.25, 0.3) is 0 Å². The molecule has 1 aliphatic heterocycles. The average molecular weight is 261 g/mol. The number of carbonyl (C=O) groups excluding carboxylic acids is 1. The molecular weight excluding hydrogens is 249 g/mol. The number of amides is 1. The van der Waals surface area contributed by atoms with E-state index >= 15 is 0 Å². The second kappa shape index (κ2) is 5.61. The predicted molar refractivity (Wildman–Crippen MR) is 47.6 cm³/mol. The van der Waals surface area contributed by atoms with Crippen LogP contribution in [0.1, 0.15) is 12.8 Å². The molecule has 8 heteroatoms. The highest BCUT2D eigenvalue weighted by Gasteiger charge is 2.43. The Bertz CT molecular complexity index is 269. The van der Waals surface area contributed by atoms with Gasteiger partial charge in [0, 0.05) is 13.1 Å². The minimum atomic E-state index is -4.93. The first-order valence-corrected chi connectivity index (χ1v) is 5.06. The molecule has 1 heterocycles. The van der Waals surface area contributed by atoms with Crippen LogP contribution in [-0.2, 0) is 9.53 Å². The van der Waals surface area contributed by atoms with Crippen LogP contribution in [0.2, 0.25) is 0 Å². The molecule has 1 amide bonds. The number of carbonyl (C=O) groups is 1. The van der Waals surface area contributed by atoms with Crippen molar-refractivity contribution in [1.29, 1.82) is 0 Å². The zero-order valence-corrected chi connectivity index (χ0v) is 8.84. The van der Waals surface area contributed by atoms with Gasteiger partial charge in [-0.2, -0.15) is 13.2 Å². The van der Waals surface area contributed by atoms with Crippen LogP contribution in [-0.4, -0.2) is 49.2 Å². The summed E-state index contributed by atoms with van der Waals surface area (Å²) < 4.78 is 64.8. The molecule has 1 unspecified atom stereocenters. The molecule has 0 aromatic rings. The van der Waals surface area contributed by atoms with Crippen molar-refractivity contribution in [3.8, 4) is 0 Å². The summed E-state index contributed by atoms with van der Waals surface area (Å²) in [6, 6.07) is 0. The summed E-state index contributed by atoms with van der Waals surface area (Å²) >= 11 is 0. The number of halogens is 5. The lowest BCUT2D eigenvalue weighted by atomic mass is 10.1. The van der Waals surface area contributed by atoms with Crippen molar-refractivity contribution in [2.45, 2.75) is 31.5 Å². The molecule has 0 spiro atoms. The Hall–Kier alpha value is -0.920. The van der Waals surface area contributed by atoms with Crippen LogP contribution in [0.3, 0.4) is 0 Å². The largest absolute Gasteiger partial charge is 0.471 e. The normalized spacial score (nSPS) is 22.0. The molecule has 0 aromatic heterocycles. The Morgan fingerprint density at radius 1 is 1.41 bits per heavy atom. The SMILES string of the molecule is O=C(N1CCCC(OCC(F)F)C1)C(F)(F)F. The summed E-state index contributed by atoms with van der Waals surface area (Å²) in [5, 5.41) is 0. The van der Waals surface area contributed by atoms with Gasteiger partial charge >= 0.3 is 12.1 Å². The van der Waals surface area contributed by atoms with Crippen LogP contribution < -0.4 is 0 Å². The predicted octanol–water partition coefficient (Wildman–Crippen LogP) is 1.82. The van der Waals surface area contributed by atoms with Crippen LogP contribution in [0.4, 0.5) is 22.0 Å². The van der Waals surface area contributed by atoms with E-state index in [1.54, 1.807) is 0 Å². The van der Waals surface area contributed by atoms with Gasteiger partial charge in [0.15, 0.2) is 0 Å². The van der Waals surface area contributed by atoms with Crippen molar-refractivity contribution in [2.75, 3.05) is 19.7 Å². The fraction of sp³-hybridized carbons (Fsp3) is 0.889. The van der Waals surface area contributed by atoms with E-state index in [0.717, 1.165) is 0 Å². The third kappa shape index (κ3) is 4.45. The molecule has 1 aliphatic rings. The number of ether oxygens (including phenoxy) is 1. The van der Waals surface area contributed by atoms with E-state index in [1.807, 2.05) is 0 Å². The molecule has 1 rings (SSSR count). The van der Waals surface area contributed by atoms with Crippen LogP contribution in [0.15, 0.2) is 0 Å². The molecule has 0 N–H and O–H groups in total. The third-order valence-corrected chi connectivity index (χ3v) is 2.37. The van der Waals surface area contributed by atoms with Gasteiger partial charge < -0.3 is 9.64 Å². The van der Waals surface area contributed by atoms with Gasteiger partial charge in [-0.3, -0.25) is 4.79 Å². The zero-order chi connectivity index (χ0) is 13.1. The van der Waals surface area contributed by atoms with Crippen LogP contribution in [0.5, 0.6) is 0 Å². The molecule has 0 saturated carbocycles. The summed E-state index contributed by atoms with van der Waals surface area (Å²) in [6.45, 7) is -1.13. The van der Waals surface area contributed by atoms with Gasteiger partial charge in [-0.1, -0.05) is 0 Å². The van der Waals surface area contributed by atoms with Gasteiger partial charge in [-0.05, 0) is 12.8 Å². The minimum absolute atomic E-state index is 0.0210. The van der Waals surface area contributed by atoms with Gasteiger partial charge in [0.25, 0.3) is 6.43 Å². The Kier molecular flexibility index (Phi) is 4.67. The Balaban J connectivity index is 2.46. The van der Waals surface area contributed by atoms with Crippen molar-refractivity contribution in [2.24, 2.45) is 0 Å². The molecular formula is C9H12F5NO2. The second-order valence-corrected chi connectivity index (χ2v) is 3.74. The summed E-state index contributed by atoms with van der Waals surface area (Å²) in [7, 11) is 0. The number of alkyl halides is 5. The minimum Gasteiger partial charge on any atom is -0.370 e.